The molecule has 1 aromatic heterocycles. The van der Waals surface area contributed by atoms with Crippen molar-refractivity contribution in [2.75, 3.05) is 7.11 Å². The summed E-state index contributed by atoms with van der Waals surface area (Å²) in [6, 6.07) is 14.0. The molecule has 0 aliphatic carbocycles. The maximum atomic E-state index is 12.8. The first-order valence-electron chi connectivity index (χ1n) is 7.94. The molecule has 1 heterocycles. The third-order valence-electron chi connectivity index (χ3n) is 3.94. The van der Waals surface area contributed by atoms with E-state index in [0.717, 1.165) is 5.56 Å². The number of ketones is 2. The molecule has 5 nitrogen and oxygen atoms in total. The fraction of sp³-hybridized carbons (Fsp3) is 0.0952. The van der Waals surface area contributed by atoms with E-state index >= 15 is 0 Å². The average Bonchev–Trinajstić information content (AvgIpc) is 2.65. The smallest absolute Gasteiger partial charge is 0.347 e. The molecule has 0 aliphatic rings. The minimum atomic E-state index is -0.838. The molecule has 0 amide bonds. The Labute approximate surface area is 149 Å². The molecule has 0 fully saturated rings. The third-order valence-corrected chi connectivity index (χ3v) is 3.94. The summed E-state index contributed by atoms with van der Waals surface area (Å²) >= 11 is 0. The largest absolute Gasteiger partial charge is 0.497 e. The van der Waals surface area contributed by atoms with Crippen LogP contribution >= 0.6 is 0 Å². The van der Waals surface area contributed by atoms with Gasteiger partial charge in [0.05, 0.1) is 12.7 Å². The molecule has 3 rings (SSSR count). The van der Waals surface area contributed by atoms with Crippen molar-refractivity contribution in [2.24, 2.45) is 0 Å². The van der Waals surface area contributed by atoms with E-state index in [-0.39, 0.29) is 16.7 Å². The van der Waals surface area contributed by atoms with Crippen LogP contribution in [-0.4, -0.2) is 18.7 Å². The monoisotopic (exact) mass is 348 g/mol. The number of ether oxygens (including phenoxy) is 1. The summed E-state index contributed by atoms with van der Waals surface area (Å²) < 4.78 is 10.3. The van der Waals surface area contributed by atoms with Crippen LogP contribution in [0, 0.1) is 0 Å². The lowest BCUT2D eigenvalue weighted by atomic mass is 9.97. The van der Waals surface area contributed by atoms with Crippen LogP contribution in [0.2, 0.25) is 0 Å². The van der Waals surface area contributed by atoms with Crippen LogP contribution in [0.25, 0.3) is 17.0 Å². The number of carbonyl (C=O) groups is 2. The van der Waals surface area contributed by atoms with Crippen LogP contribution in [0.5, 0.6) is 5.75 Å². The van der Waals surface area contributed by atoms with E-state index in [1.165, 1.54) is 26.2 Å². The van der Waals surface area contributed by atoms with Gasteiger partial charge in [0, 0.05) is 11.5 Å². The van der Waals surface area contributed by atoms with E-state index in [2.05, 4.69) is 0 Å². The van der Waals surface area contributed by atoms with Crippen molar-refractivity contribution in [3.8, 4) is 5.75 Å². The molecule has 0 aliphatic heterocycles. The van der Waals surface area contributed by atoms with Gasteiger partial charge >= 0.3 is 5.63 Å². The predicted molar refractivity (Wildman–Crippen MR) is 98.8 cm³/mol. The number of methoxy groups -OCH3 is 1. The summed E-state index contributed by atoms with van der Waals surface area (Å²) in [5.41, 5.74) is -0.0198. The highest BCUT2D eigenvalue weighted by atomic mass is 16.5. The lowest BCUT2D eigenvalue weighted by molar-refractivity contribution is 0.0990. The summed E-state index contributed by atoms with van der Waals surface area (Å²) in [7, 11) is 1.48. The zero-order valence-electron chi connectivity index (χ0n) is 14.3. The van der Waals surface area contributed by atoms with Crippen molar-refractivity contribution in [3.63, 3.8) is 0 Å². The molecule has 0 unspecified atom stereocenters. The zero-order valence-corrected chi connectivity index (χ0v) is 14.3. The first kappa shape index (κ1) is 17.4. The normalized spacial score (nSPS) is 11.0. The van der Waals surface area contributed by atoms with E-state index in [0.29, 0.717) is 11.1 Å². The van der Waals surface area contributed by atoms with Crippen molar-refractivity contribution in [1.82, 2.24) is 0 Å². The Morgan fingerprint density at radius 2 is 1.77 bits per heavy atom. The van der Waals surface area contributed by atoms with Crippen LogP contribution in [-0.2, 0) is 0 Å². The SMILES string of the molecule is COc1ccc2c(C(=O)C=Cc3ccccc3)c(C(C)=O)c(=O)oc2c1. The molecule has 2 aromatic carbocycles. The first-order chi connectivity index (χ1) is 12.5. The van der Waals surface area contributed by atoms with Gasteiger partial charge in [0.15, 0.2) is 11.6 Å². The van der Waals surface area contributed by atoms with Gasteiger partial charge in [-0.1, -0.05) is 36.4 Å². The van der Waals surface area contributed by atoms with Gasteiger partial charge in [0.25, 0.3) is 0 Å². The Balaban J connectivity index is 2.20. The number of hydrogen-bond acceptors (Lipinski definition) is 5. The van der Waals surface area contributed by atoms with Crippen molar-refractivity contribution < 1.29 is 18.7 Å². The maximum absolute atomic E-state index is 12.8. The fourth-order valence-electron chi connectivity index (χ4n) is 2.70. The highest BCUT2D eigenvalue weighted by molar-refractivity contribution is 6.19. The van der Waals surface area contributed by atoms with Crippen LogP contribution < -0.4 is 10.4 Å². The number of carbonyl (C=O) groups excluding carboxylic acids is 2. The second kappa shape index (κ2) is 7.19. The molecule has 0 radical (unpaired) electrons. The van der Waals surface area contributed by atoms with Crippen LogP contribution in [0.3, 0.4) is 0 Å². The van der Waals surface area contributed by atoms with Gasteiger partial charge in [-0.15, -0.1) is 0 Å². The second-order valence-electron chi connectivity index (χ2n) is 5.67. The van der Waals surface area contributed by atoms with Gasteiger partial charge in [0.1, 0.15) is 16.9 Å². The zero-order chi connectivity index (χ0) is 18.7. The summed E-state index contributed by atoms with van der Waals surface area (Å²) in [5, 5.41) is 0.387. The molecular formula is C21H16O5. The molecule has 0 spiro atoms. The number of benzene rings is 2. The second-order valence-corrected chi connectivity index (χ2v) is 5.67. The lowest BCUT2D eigenvalue weighted by Gasteiger charge is -2.08. The number of Topliss-reactive ketones (excluding diaryl/α,β-unsaturated/α-hetero) is 1. The highest BCUT2D eigenvalue weighted by Gasteiger charge is 2.22. The van der Waals surface area contributed by atoms with Crippen molar-refractivity contribution >= 4 is 28.6 Å². The van der Waals surface area contributed by atoms with Crippen molar-refractivity contribution in [1.29, 1.82) is 0 Å². The standard InChI is InChI=1S/C21H16O5/c1-13(22)19-20(17(23)11-8-14-6-4-3-5-7-14)16-10-9-15(25-2)12-18(16)26-21(19)24/h3-12H,1-2H3. The maximum Gasteiger partial charge on any atom is 0.347 e. The lowest BCUT2D eigenvalue weighted by Crippen LogP contribution is -2.18. The highest BCUT2D eigenvalue weighted by Crippen LogP contribution is 2.25. The Morgan fingerprint density at radius 1 is 1.04 bits per heavy atom. The molecule has 130 valence electrons. The summed E-state index contributed by atoms with van der Waals surface area (Å²) in [6.45, 7) is 1.24. The van der Waals surface area contributed by atoms with Crippen LogP contribution in [0.4, 0.5) is 0 Å². The number of rotatable bonds is 5. The van der Waals surface area contributed by atoms with Gasteiger partial charge in [-0.3, -0.25) is 9.59 Å². The minimum Gasteiger partial charge on any atom is -0.497 e. The van der Waals surface area contributed by atoms with Gasteiger partial charge in [0.2, 0.25) is 0 Å². The van der Waals surface area contributed by atoms with Crippen LogP contribution in [0.1, 0.15) is 33.2 Å². The molecular weight excluding hydrogens is 332 g/mol. The topological polar surface area (TPSA) is 73.6 Å². The Hall–Kier alpha value is -3.47. The van der Waals surface area contributed by atoms with Crippen molar-refractivity contribution in [2.45, 2.75) is 6.92 Å². The number of allylic oxidation sites excluding steroid dienone is 1. The molecule has 5 heteroatoms. The summed E-state index contributed by atoms with van der Waals surface area (Å²) in [6.07, 6.45) is 2.98. The van der Waals surface area contributed by atoms with E-state index in [9.17, 15) is 14.4 Å². The first-order valence-corrected chi connectivity index (χ1v) is 7.94. The van der Waals surface area contributed by atoms with Gasteiger partial charge in [-0.2, -0.15) is 0 Å². The molecule has 0 atom stereocenters. The molecule has 0 N–H and O–H groups in total. The van der Waals surface area contributed by atoms with Gasteiger partial charge in [-0.25, -0.2) is 4.79 Å². The van der Waals surface area contributed by atoms with Gasteiger partial charge < -0.3 is 9.15 Å². The molecule has 0 saturated carbocycles. The average molecular weight is 348 g/mol. The quantitative estimate of drug-likeness (QED) is 0.397. The summed E-state index contributed by atoms with van der Waals surface area (Å²) in [5.74, 6) is -0.482. The predicted octanol–water partition coefficient (Wildman–Crippen LogP) is 3.90. The third kappa shape index (κ3) is 3.32. The Bertz CT molecular complexity index is 1070. The fourth-order valence-corrected chi connectivity index (χ4v) is 2.70. The van der Waals surface area contributed by atoms with E-state index in [1.54, 1.807) is 18.2 Å². The molecule has 0 saturated heterocycles. The van der Waals surface area contributed by atoms with Crippen molar-refractivity contribution in [3.05, 3.63) is 81.7 Å². The Morgan fingerprint density at radius 3 is 2.42 bits per heavy atom. The van der Waals surface area contributed by atoms with Crippen LogP contribution in [0.15, 0.2) is 63.8 Å². The van der Waals surface area contributed by atoms with E-state index in [4.69, 9.17) is 9.15 Å². The minimum absolute atomic E-state index is 0.0404. The Kier molecular flexibility index (Phi) is 4.80. The number of hydrogen-bond donors (Lipinski definition) is 0. The van der Waals surface area contributed by atoms with Gasteiger partial charge in [-0.05, 0) is 30.7 Å². The molecule has 0 bridgehead atoms. The van der Waals surface area contributed by atoms with E-state index in [1.807, 2.05) is 30.3 Å². The summed E-state index contributed by atoms with van der Waals surface area (Å²) in [4.78, 5) is 37.1. The number of fused-ring (bicyclic) bond motifs is 1. The molecule has 3 aromatic rings. The van der Waals surface area contributed by atoms with E-state index < -0.39 is 17.2 Å². The molecule has 26 heavy (non-hydrogen) atoms.